The average molecular weight is 434 g/mol. The van der Waals surface area contributed by atoms with Gasteiger partial charge in [-0.15, -0.1) is 0 Å². The van der Waals surface area contributed by atoms with Crippen molar-refractivity contribution in [2.45, 2.75) is 13.8 Å². The molecule has 0 aliphatic heterocycles. The zero-order valence-electron chi connectivity index (χ0n) is 18.1. The summed E-state index contributed by atoms with van der Waals surface area (Å²) < 4.78 is 1.73. The Labute approximate surface area is 188 Å². The lowest BCUT2D eigenvalue weighted by molar-refractivity contribution is 0.888. The number of aryl methyl sites for hydroxylation is 2. The molecule has 0 aliphatic carbocycles. The van der Waals surface area contributed by atoms with Crippen molar-refractivity contribution in [1.29, 1.82) is 0 Å². The monoisotopic (exact) mass is 434 g/mol. The lowest BCUT2D eigenvalue weighted by Gasteiger charge is -2.21. The molecule has 4 aromatic carbocycles. The van der Waals surface area contributed by atoms with Crippen LogP contribution in [0.1, 0.15) is 11.4 Å². The van der Waals surface area contributed by atoms with Gasteiger partial charge in [-0.05, 0) is 67.5 Å². The molecule has 0 bridgehead atoms. The Kier molecular flexibility index (Phi) is 5.43. The van der Waals surface area contributed by atoms with Crippen LogP contribution in [0.25, 0.3) is 16.6 Å². The average Bonchev–Trinajstić information content (AvgIpc) is 2.82. The molecular weight excluding hydrogens is 411 g/mol. The minimum atomic E-state index is -0.690. The fourth-order valence-electron chi connectivity index (χ4n) is 4.16. The molecule has 1 heterocycles. The van der Waals surface area contributed by atoms with Crippen molar-refractivity contribution in [3.63, 3.8) is 0 Å². The fourth-order valence-corrected chi connectivity index (χ4v) is 6.54. The molecule has 0 unspecified atom stereocenters. The van der Waals surface area contributed by atoms with Crippen LogP contribution in [0.5, 0.6) is 0 Å². The van der Waals surface area contributed by atoms with Crippen molar-refractivity contribution in [3.8, 4) is 5.69 Å². The van der Waals surface area contributed by atoms with Crippen LogP contribution in [-0.2, 0) is 0 Å². The second-order valence-electron chi connectivity index (χ2n) is 7.79. The van der Waals surface area contributed by atoms with E-state index in [1.54, 1.807) is 4.57 Å². The SMILES string of the molecule is Cc1cc(P(c2ccccc2)c2ccccc2)ccc1-n1c(C)nc2ccccc2c1=O. The Morgan fingerprint density at radius 2 is 1.28 bits per heavy atom. The number of fused-ring (bicyclic) bond motifs is 1. The molecule has 5 aromatic rings. The number of hydrogen-bond donors (Lipinski definition) is 0. The maximum atomic E-state index is 13.3. The Morgan fingerprint density at radius 1 is 0.688 bits per heavy atom. The summed E-state index contributed by atoms with van der Waals surface area (Å²) in [5, 5.41) is 4.51. The molecular formula is C28H23N2OP. The van der Waals surface area contributed by atoms with Gasteiger partial charge in [-0.1, -0.05) is 78.9 Å². The zero-order chi connectivity index (χ0) is 22.1. The van der Waals surface area contributed by atoms with Gasteiger partial charge in [0.05, 0.1) is 16.6 Å². The third-order valence-electron chi connectivity index (χ3n) is 5.65. The quantitative estimate of drug-likeness (QED) is 0.382. The third-order valence-corrected chi connectivity index (χ3v) is 8.08. The summed E-state index contributed by atoms with van der Waals surface area (Å²) in [7, 11) is -0.690. The van der Waals surface area contributed by atoms with Gasteiger partial charge < -0.3 is 0 Å². The van der Waals surface area contributed by atoms with Gasteiger partial charge in [-0.25, -0.2) is 4.98 Å². The van der Waals surface area contributed by atoms with E-state index in [1.165, 1.54) is 15.9 Å². The topological polar surface area (TPSA) is 34.9 Å². The number of para-hydroxylation sites is 1. The highest BCUT2D eigenvalue weighted by atomic mass is 31.1. The largest absolute Gasteiger partial charge is 0.268 e. The summed E-state index contributed by atoms with van der Waals surface area (Å²) in [5.74, 6) is 0.693. The van der Waals surface area contributed by atoms with Gasteiger partial charge in [0, 0.05) is 0 Å². The van der Waals surface area contributed by atoms with E-state index in [0.29, 0.717) is 11.2 Å². The minimum Gasteiger partial charge on any atom is -0.268 e. The lowest BCUT2D eigenvalue weighted by atomic mass is 10.2. The van der Waals surface area contributed by atoms with Crippen LogP contribution >= 0.6 is 7.92 Å². The molecule has 0 atom stereocenters. The number of benzene rings is 4. The van der Waals surface area contributed by atoms with Crippen LogP contribution in [0.2, 0.25) is 0 Å². The van der Waals surface area contributed by atoms with Crippen molar-refractivity contribution in [3.05, 3.63) is 125 Å². The summed E-state index contributed by atoms with van der Waals surface area (Å²) in [6.07, 6.45) is 0. The first kappa shape index (κ1) is 20.4. The number of nitrogens with zero attached hydrogens (tertiary/aromatic N) is 2. The van der Waals surface area contributed by atoms with E-state index in [0.717, 1.165) is 16.8 Å². The first-order valence-electron chi connectivity index (χ1n) is 10.6. The van der Waals surface area contributed by atoms with E-state index >= 15 is 0 Å². The van der Waals surface area contributed by atoms with Crippen LogP contribution in [0.3, 0.4) is 0 Å². The van der Waals surface area contributed by atoms with Crippen LogP contribution < -0.4 is 21.5 Å². The van der Waals surface area contributed by atoms with Gasteiger partial charge in [0.1, 0.15) is 5.82 Å². The van der Waals surface area contributed by atoms with Gasteiger partial charge in [0.2, 0.25) is 0 Å². The number of aromatic nitrogens is 2. The van der Waals surface area contributed by atoms with E-state index in [-0.39, 0.29) is 5.56 Å². The molecule has 0 fully saturated rings. The second-order valence-corrected chi connectivity index (χ2v) is 10.0. The van der Waals surface area contributed by atoms with E-state index in [1.807, 2.05) is 31.2 Å². The number of hydrogen-bond acceptors (Lipinski definition) is 2. The second kappa shape index (κ2) is 8.53. The van der Waals surface area contributed by atoms with E-state index in [4.69, 9.17) is 0 Å². The first-order valence-corrected chi connectivity index (χ1v) is 12.0. The molecule has 3 nitrogen and oxygen atoms in total. The van der Waals surface area contributed by atoms with Gasteiger partial charge in [-0.2, -0.15) is 0 Å². The van der Waals surface area contributed by atoms with Gasteiger partial charge >= 0.3 is 0 Å². The highest BCUT2D eigenvalue weighted by Gasteiger charge is 2.18. The Hall–Kier alpha value is -3.55. The van der Waals surface area contributed by atoms with E-state index in [2.05, 4.69) is 90.8 Å². The number of rotatable bonds is 4. The van der Waals surface area contributed by atoms with E-state index in [9.17, 15) is 4.79 Å². The standard InChI is InChI=1S/C28H23N2OP/c1-20-19-24(32(22-11-5-3-6-12-22)23-13-7-4-8-14-23)17-18-27(20)30-21(2)29-26-16-10-9-15-25(26)28(30)31/h3-19H,1-2H3. The molecule has 4 heteroatoms. The zero-order valence-corrected chi connectivity index (χ0v) is 19.0. The Bertz CT molecular complexity index is 1420. The van der Waals surface area contributed by atoms with Crippen molar-refractivity contribution in [2.75, 3.05) is 0 Å². The summed E-state index contributed by atoms with van der Waals surface area (Å²) in [6, 6.07) is 35.3. The molecule has 0 N–H and O–H groups in total. The summed E-state index contributed by atoms with van der Waals surface area (Å²) in [6.45, 7) is 3.96. The van der Waals surface area contributed by atoms with Crippen LogP contribution in [0.4, 0.5) is 0 Å². The van der Waals surface area contributed by atoms with Gasteiger partial charge in [-0.3, -0.25) is 9.36 Å². The molecule has 0 saturated carbocycles. The van der Waals surface area contributed by atoms with Crippen molar-refractivity contribution in [1.82, 2.24) is 9.55 Å². The molecule has 0 amide bonds. The fraction of sp³-hybridized carbons (Fsp3) is 0.0714. The summed E-state index contributed by atoms with van der Waals surface area (Å²) in [5.41, 5.74) is 2.64. The van der Waals surface area contributed by atoms with Crippen molar-refractivity contribution in [2.24, 2.45) is 0 Å². The summed E-state index contributed by atoms with van der Waals surface area (Å²) in [4.78, 5) is 18.0. The van der Waals surface area contributed by atoms with Gasteiger partial charge in [0.25, 0.3) is 5.56 Å². The van der Waals surface area contributed by atoms with Gasteiger partial charge in [0.15, 0.2) is 0 Å². The predicted molar refractivity (Wildman–Crippen MR) is 136 cm³/mol. The molecule has 1 aromatic heterocycles. The molecule has 32 heavy (non-hydrogen) atoms. The van der Waals surface area contributed by atoms with Crippen LogP contribution in [0, 0.1) is 13.8 Å². The maximum Gasteiger partial charge on any atom is 0.265 e. The molecule has 5 rings (SSSR count). The Balaban J connectivity index is 1.66. The highest BCUT2D eigenvalue weighted by molar-refractivity contribution is 7.79. The Morgan fingerprint density at radius 3 is 1.91 bits per heavy atom. The van der Waals surface area contributed by atoms with Crippen molar-refractivity contribution < 1.29 is 0 Å². The van der Waals surface area contributed by atoms with Crippen LogP contribution in [-0.4, -0.2) is 9.55 Å². The molecule has 0 spiro atoms. The van der Waals surface area contributed by atoms with E-state index < -0.39 is 7.92 Å². The minimum absolute atomic E-state index is 0.0302. The third kappa shape index (κ3) is 3.66. The van der Waals surface area contributed by atoms with Crippen LogP contribution in [0.15, 0.2) is 108 Å². The predicted octanol–water partition coefficient (Wildman–Crippen LogP) is 4.76. The molecule has 0 aliphatic rings. The van der Waals surface area contributed by atoms with Crippen molar-refractivity contribution >= 4 is 34.7 Å². The first-order chi connectivity index (χ1) is 15.6. The molecule has 0 radical (unpaired) electrons. The lowest BCUT2D eigenvalue weighted by Crippen LogP contribution is -2.25. The molecule has 0 saturated heterocycles. The smallest absolute Gasteiger partial charge is 0.265 e. The molecule has 156 valence electrons. The summed E-state index contributed by atoms with van der Waals surface area (Å²) >= 11 is 0. The maximum absolute atomic E-state index is 13.3. The highest BCUT2D eigenvalue weighted by Crippen LogP contribution is 2.33. The normalized spacial score (nSPS) is 11.2.